The van der Waals surface area contributed by atoms with Crippen molar-refractivity contribution in [3.63, 3.8) is 0 Å². The van der Waals surface area contributed by atoms with E-state index in [9.17, 15) is 18.3 Å². The van der Waals surface area contributed by atoms with Crippen molar-refractivity contribution in [2.45, 2.75) is 25.6 Å². The Morgan fingerprint density at radius 2 is 1.85 bits per heavy atom. The molecular weight excluding hydrogens is 267 g/mol. The highest BCUT2D eigenvalue weighted by Crippen LogP contribution is 2.36. The summed E-state index contributed by atoms with van der Waals surface area (Å²) in [6, 6.07) is 6.63. The fourth-order valence-electron chi connectivity index (χ4n) is 2.16. The van der Waals surface area contributed by atoms with Crippen LogP contribution in [0.2, 0.25) is 0 Å². The maximum atomic E-state index is 13.0. The Hall–Kier alpha value is -1.88. The van der Waals surface area contributed by atoms with Gasteiger partial charge in [-0.3, -0.25) is 4.98 Å². The van der Waals surface area contributed by atoms with E-state index in [1.54, 1.807) is 12.3 Å². The maximum Gasteiger partial charge on any atom is 0.416 e. The minimum atomic E-state index is -4.49. The fourth-order valence-corrected chi connectivity index (χ4v) is 2.16. The van der Waals surface area contributed by atoms with Crippen molar-refractivity contribution in [3.8, 4) is 0 Å². The first-order valence-corrected chi connectivity index (χ1v) is 6.22. The zero-order chi connectivity index (χ0) is 14.8. The highest BCUT2D eigenvalue weighted by Gasteiger charge is 2.35. The van der Waals surface area contributed by atoms with Gasteiger partial charge in [0.05, 0.1) is 5.56 Å². The molecule has 106 valence electrons. The SMILES string of the molecule is CCc1cnccc1C(O)c1ccccc1C(F)(F)F. The maximum absolute atomic E-state index is 13.0. The molecule has 0 aliphatic rings. The third kappa shape index (κ3) is 2.82. The fraction of sp³-hybridized carbons (Fsp3) is 0.267. The van der Waals surface area contributed by atoms with Crippen molar-refractivity contribution in [2.24, 2.45) is 0 Å². The molecule has 0 radical (unpaired) electrons. The van der Waals surface area contributed by atoms with Gasteiger partial charge in [0.2, 0.25) is 0 Å². The molecule has 2 rings (SSSR count). The van der Waals surface area contributed by atoms with Crippen LogP contribution in [0.4, 0.5) is 13.2 Å². The smallest absolute Gasteiger partial charge is 0.384 e. The van der Waals surface area contributed by atoms with Crippen LogP contribution in [0.15, 0.2) is 42.7 Å². The van der Waals surface area contributed by atoms with Crippen LogP contribution in [0, 0.1) is 0 Å². The van der Waals surface area contributed by atoms with Gasteiger partial charge in [-0.2, -0.15) is 13.2 Å². The molecule has 0 fully saturated rings. The Morgan fingerprint density at radius 1 is 1.15 bits per heavy atom. The predicted octanol–water partition coefficient (Wildman–Crippen LogP) is 3.74. The number of aryl methyl sites for hydroxylation is 1. The molecule has 2 nitrogen and oxygen atoms in total. The molecule has 0 aliphatic carbocycles. The minimum Gasteiger partial charge on any atom is -0.384 e. The van der Waals surface area contributed by atoms with Crippen LogP contribution in [0.1, 0.15) is 35.3 Å². The number of pyridine rings is 1. The second-order valence-electron chi connectivity index (χ2n) is 4.42. The third-order valence-corrected chi connectivity index (χ3v) is 3.18. The van der Waals surface area contributed by atoms with E-state index in [4.69, 9.17) is 0 Å². The Kier molecular flexibility index (Phi) is 4.09. The molecule has 2 aromatic rings. The number of halogens is 3. The molecule has 0 saturated carbocycles. The summed E-state index contributed by atoms with van der Waals surface area (Å²) in [6.07, 6.45) is -2.18. The Morgan fingerprint density at radius 3 is 2.50 bits per heavy atom. The van der Waals surface area contributed by atoms with E-state index >= 15 is 0 Å². The molecule has 5 heteroatoms. The average Bonchev–Trinajstić information content (AvgIpc) is 2.45. The van der Waals surface area contributed by atoms with Crippen LogP contribution in [-0.4, -0.2) is 10.1 Å². The number of aliphatic hydroxyl groups is 1. The molecule has 1 N–H and O–H groups in total. The first kappa shape index (κ1) is 14.5. The number of nitrogens with zero attached hydrogens (tertiary/aromatic N) is 1. The third-order valence-electron chi connectivity index (χ3n) is 3.18. The normalized spacial score (nSPS) is 13.2. The van der Waals surface area contributed by atoms with Gasteiger partial charge < -0.3 is 5.11 Å². The van der Waals surface area contributed by atoms with Crippen LogP contribution >= 0.6 is 0 Å². The van der Waals surface area contributed by atoms with Gasteiger partial charge in [-0.05, 0) is 35.2 Å². The molecule has 1 aromatic carbocycles. The highest BCUT2D eigenvalue weighted by molar-refractivity contribution is 5.39. The van der Waals surface area contributed by atoms with Gasteiger partial charge >= 0.3 is 6.18 Å². The summed E-state index contributed by atoms with van der Waals surface area (Å²) >= 11 is 0. The number of benzene rings is 1. The summed E-state index contributed by atoms with van der Waals surface area (Å²) < 4.78 is 39.0. The van der Waals surface area contributed by atoms with Crippen LogP contribution < -0.4 is 0 Å². The average molecular weight is 281 g/mol. The number of alkyl halides is 3. The monoisotopic (exact) mass is 281 g/mol. The quantitative estimate of drug-likeness (QED) is 0.929. The molecular formula is C15H14F3NO. The molecule has 1 heterocycles. The summed E-state index contributed by atoms with van der Waals surface area (Å²) in [7, 11) is 0. The van der Waals surface area contributed by atoms with E-state index in [-0.39, 0.29) is 5.56 Å². The number of aliphatic hydroxyl groups excluding tert-OH is 1. The van der Waals surface area contributed by atoms with E-state index in [0.717, 1.165) is 11.6 Å². The van der Waals surface area contributed by atoms with Gasteiger partial charge in [0.15, 0.2) is 0 Å². The summed E-state index contributed by atoms with van der Waals surface area (Å²) in [5, 5.41) is 10.3. The van der Waals surface area contributed by atoms with Crippen molar-refractivity contribution in [1.29, 1.82) is 0 Å². The second-order valence-corrected chi connectivity index (χ2v) is 4.42. The van der Waals surface area contributed by atoms with Gasteiger partial charge in [0.1, 0.15) is 6.10 Å². The molecule has 1 unspecified atom stereocenters. The molecule has 0 saturated heterocycles. The molecule has 0 aliphatic heterocycles. The van der Waals surface area contributed by atoms with Crippen LogP contribution in [0.3, 0.4) is 0 Å². The van der Waals surface area contributed by atoms with E-state index < -0.39 is 17.8 Å². The summed E-state index contributed by atoms with van der Waals surface area (Å²) in [5.41, 5.74) is 0.239. The lowest BCUT2D eigenvalue weighted by atomic mass is 9.93. The van der Waals surface area contributed by atoms with Gasteiger partial charge in [-0.15, -0.1) is 0 Å². The van der Waals surface area contributed by atoms with Crippen LogP contribution in [0.5, 0.6) is 0 Å². The van der Waals surface area contributed by atoms with E-state index in [1.807, 2.05) is 6.92 Å². The van der Waals surface area contributed by atoms with Crippen molar-refractivity contribution < 1.29 is 18.3 Å². The zero-order valence-electron chi connectivity index (χ0n) is 10.9. The molecule has 20 heavy (non-hydrogen) atoms. The van der Waals surface area contributed by atoms with Gasteiger partial charge in [0, 0.05) is 12.4 Å². The topological polar surface area (TPSA) is 33.1 Å². The van der Waals surface area contributed by atoms with E-state index in [2.05, 4.69) is 4.98 Å². The van der Waals surface area contributed by atoms with Crippen molar-refractivity contribution in [2.75, 3.05) is 0 Å². The highest BCUT2D eigenvalue weighted by atomic mass is 19.4. The van der Waals surface area contributed by atoms with E-state index in [1.165, 1.54) is 24.4 Å². The Labute approximate surface area is 114 Å². The lowest BCUT2D eigenvalue weighted by Crippen LogP contribution is -2.13. The predicted molar refractivity (Wildman–Crippen MR) is 69.1 cm³/mol. The lowest BCUT2D eigenvalue weighted by Gasteiger charge is -2.19. The molecule has 1 atom stereocenters. The van der Waals surface area contributed by atoms with Gasteiger partial charge in [-0.1, -0.05) is 25.1 Å². The van der Waals surface area contributed by atoms with E-state index in [0.29, 0.717) is 12.0 Å². The Bertz CT molecular complexity index is 596. The first-order valence-electron chi connectivity index (χ1n) is 6.22. The molecule has 0 spiro atoms. The lowest BCUT2D eigenvalue weighted by molar-refractivity contribution is -0.139. The van der Waals surface area contributed by atoms with Gasteiger partial charge in [-0.25, -0.2) is 0 Å². The summed E-state index contributed by atoms with van der Waals surface area (Å²) in [5.74, 6) is 0. The summed E-state index contributed by atoms with van der Waals surface area (Å²) in [6.45, 7) is 1.86. The van der Waals surface area contributed by atoms with Crippen molar-refractivity contribution in [1.82, 2.24) is 4.98 Å². The number of hydrogen-bond acceptors (Lipinski definition) is 2. The first-order chi connectivity index (χ1) is 9.45. The molecule has 0 bridgehead atoms. The van der Waals surface area contributed by atoms with Crippen molar-refractivity contribution >= 4 is 0 Å². The Balaban J connectivity index is 2.52. The second kappa shape index (κ2) is 5.63. The van der Waals surface area contributed by atoms with Crippen LogP contribution in [0.25, 0.3) is 0 Å². The minimum absolute atomic E-state index is 0.138. The number of hydrogen-bond donors (Lipinski definition) is 1. The molecule has 0 amide bonds. The largest absolute Gasteiger partial charge is 0.416 e. The standard InChI is InChI=1S/C15H14F3NO/c1-2-10-9-19-8-7-11(10)14(20)12-5-3-4-6-13(12)15(16,17)18/h3-9,14,20H,2H2,1H3. The summed E-state index contributed by atoms with van der Waals surface area (Å²) in [4.78, 5) is 3.93. The number of aromatic nitrogens is 1. The zero-order valence-corrected chi connectivity index (χ0v) is 10.9. The van der Waals surface area contributed by atoms with Crippen molar-refractivity contribution in [3.05, 3.63) is 65.0 Å². The number of rotatable bonds is 3. The molecule has 1 aromatic heterocycles. The van der Waals surface area contributed by atoms with Gasteiger partial charge in [0.25, 0.3) is 0 Å². The van der Waals surface area contributed by atoms with Crippen LogP contribution in [-0.2, 0) is 12.6 Å².